The summed E-state index contributed by atoms with van der Waals surface area (Å²) in [5.41, 5.74) is 1.01. The summed E-state index contributed by atoms with van der Waals surface area (Å²) in [5, 5.41) is 2.92. The molecule has 4 nitrogen and oxygen atoms in total. The van der Waals surface area contributed by atoms with Gasteiger partial charge in [0.1, 0.15) is 12.2 Å². The van der Waals surface area contributed by atoms with Crippen molar-refractivity contribution in [1.29, 1.82) is 0 Å². The molecule has 1 aliphatic rings. The smallest absolute Gasteiger partial charge is 0.220 e. The topological polar surface area (TPSA) is 47.6 Å². The Balaban J connectivity index is 1.76. The lowest BCUT2D eigenvalue weighted by Crippen LogP contribution is -2.29. The van der Waals surface area contributed by atoms with Crippen molar-refractivity contribution in [2.45, 2.75) is 59.0 Å². The molecule has 1 atom stereocenters. The predicted molar refractivity (Wildman–Crippen MR) is 92.0 cm³/mol. The van der Waals surface area contributed by atoms with Crippen molar-refractivity contribution in [3.05, 3.63) is 23.8 Å². The van der Waals surface area contributed by atoms with Crippen LogP contribution in [0.3, 0.4) is 0 Å². The van der Waals surface area contributed by atoms with Crippen LogP contribution in [0.1, 0.15) is 52.5 Å². The molecule has 1 heterocycles. The van der Waals surface area contributed by atoms with Crippen molar-refractivity contribution in [3.8, 4) is 11.5 Å². The van der Waals surface area contributed by atoms with Gasteiger partial charge < -0.3 is 14.8 Å². The molecule has 0 radical (unpaired) electrons. The summed E-state index contributed by atoms with van der Waals surface area (Å²) in [7, 11) is 0. The average molecular weight is 319 g/mol. The minimum atomic E-state index is -0.175. The van der Waals surface area contributed by atoms with Crippen molar-refractivity contribution >= 4 is 5.91 Å². The summed E-state index contributed by atoms with van der Waals surface area (Å²) in [4.78, 5) is 11.8. The Morgan fingerprint density at radius 1 is 1.43 bits per heavy atom. The van der Waals surface area contributed by atoms with E-state index in [2.05, 4.69) is 39.1 Å². The maximum Gasteiger partial charge on any atom is 0.220 e. The fourth-order valence-electron chi connectivity index (χ4n) is 3.04. The molecular weight excluding hydrogens is 290 g/mol. The SMILES string of the molecule is CCCC(C)CC(=O)NCCOc1cccc2c1OC(C)(C)C2. The molecule has 0 saturated carbocycles. The van der Waals surface area contributed by atoms with E-state index in [1.807, 2.05) is 12.1 Å². The Hall–Kier alpha value is -1.71. The van der Waals surface area contributed by atoms with Gasteiger partial charge in [-0.1, -0.05) is 38.8 Å². The van der Waals surface area contributed by atoms with Gasteiger partial charge in [0.15, 0.2) is 11.5 Å². The second-order valence-electron chi connectivity index (χ2n) is 7.08. The minimum Gasteiger partial charge on any atom is -0.488 e. The van der Waals surface area contributed by atoms with Gasteiger partial charge in [0, 0.05) is 18.4 Å². The van der Waals surface area contributed by atoms with E-state index in [4.69, 9.17) is 9.47 Å². The second-order valence-corrected chi connectivity index (χ2v) is 7.08. The highest BCUT2D eigenvalue weighted by Gasteiger charge is 2.32. The van der Waals surface area contributed by atoms with Crippen molar-refractivity contribution in [2.75, 3.05) is 13.2 Å². The molecule has 0 spiro atoms. The van der Waals surface area contributed by atoms with Gasteiger partial charge in [-0.2, -0.15) is 0 Å². The van der Waals surface area contributed by atoms with Crippen LogP contribution in [0.25, 0.3) is 0 Å². The fraction of sp³-hybridized carbons (Fsp3) is 0.632. The molecule has 23 heavy (non-hydrogen) atoms. The van der Waals surface area contributed by atoms with E-state index < -0.39 is 0 Å². The van der Waals surface area contributed by atoms with Crippen LogP contribution in [0.15, 0.2) is 18.2 Å². The average Bonchev–Trinajstić information content (AvgIpc) is 2.78. The Bertz CT molecular complexity index is 539. The largest absolute Gasteiger partial charge is 0.488 e. The minimum absolute atomic E-state index is 0.102. The highest BCUT2D eigenvalue weighted by Crippen LogP contribution is 2.41. The zero-order chi connectivity index (χ0) is 16.9. The molecule has 0 saturated heterocycles. The number of rotatable bonds is 8. The monoisotopic (exact) mass is 319 g/mol. The van der Waals surface area contributed by atoms with Crippen molar-refractivity contribution in [2.24, 2.45) is 5.92 Å². The van der Waals surface area contributed by atoms with Gasteiger partial charge in [0.05, 0.1) is 6.54 Å². The normalized spacial score (nSPS) is 16.3. The Morgan fingerprint density at radius 2 is 2.22 bits per heavy atom. The van der Waals surface area contributed by atoms with Crippen LogP contribution in [-0.4, -0.2) is 24.7 Å². The second kappa shape index (κ2) is 7.71. The van der Waals surface area contributed by atoms with Crippen LogP contribution in [0.4, 0.5) is 0 Å². The van der Waals surface area contributed by atoms with E-state index in [-0.39, 0.29) is 11.5 Å². The van der Waals surface area contributed by atoms with Gasteiger partial charge in [-0.25, -0.2) is 0 Å². The zero-order valence-electron chi connectivity index (χ0n) is 14.8. The molecule has 1 aliphatic heterocycles. The summed E-state index contributed by atoms with van der Waals surface area (Å²) in [6.45, 7) is 9.39. The van der Waals surface area contributed by atoms with Crippen LogP contribution in [0.5, 0.6) is 11.5 Å². The quantitative estimate of drug-likeness (QED) is 0.743. The van der Waals surface area contributed by atoms with Crippen LogP contribution >= 0.6 is 0 Å². The van der Waals surface area contributed by atoms with E-state index in [1.54, 1.807) is 0 Å². The van der Waals surface area contributed by atoms with Crippen LogP contribution in [-0.2, 0) is 11.2 Å². The van der Waals surface area contributed by atoms with Gasteiger partial charge in [-0.3, -0.25) is 4.79 Å². The molecule has 0 aliphatic carbocycles. The van der Waals surface area contributed by atoms with Crippen molar-refractivity contribution in [3.63, 3.8) is 0 Å². The first-order valence-electron chi connectivity index (χ1n) is 8.61. The lowest BCUT2D eigenvalue weighted by atomic mass is 10.0. The number of nitrogens with one attached hydrogen (secondary N) is 1. The molecule has 0 bridgehead atoms. The zero-order valence-corrected chi connectivity index (χ0v) is 14.8. The number of hydrogen-bond donors (Lipinski definition) is 1. The molecule has 1 unspecified atom stereocenters. The van der Waals surface area contributed by atoms with Crippen molar-refractivity contribution in [1.82, 2.24) is 5.32 Å². The van der Waals surface area contributed by atoms with Gasteiger partial charge in [-0.15, -0.1) is 0 Å². The molecule has 128 valence electrons. The first kappa shape index (κ1) is 17.6. The molecule has 2 rings (SSSR count). The lowest BCUT2D eigenvalue weighted by molar-refractivity contribution is -0.122. The molecule has 0 aromatic heterocycles. The summed E-state index contributed by atoms with van der Waals surface area (Å²) in [6, 6.07) is 5.99. The molecule has 1 aromatic carbocycles. The van der Waals surface area contributed by atoms with E-state index in [9.17, 15) is 4.79 Å². The number of para-hydroxylation sites is 1. The van der Waals surface area contributed by atoms with E-state index >= 15 is 0 Å². The number of benzene rings is 1. The summed E-state index contributed by atoms with van der Waals surface area (Å²) in [6.07, 6.45) is 3.69. The summed E-state index contributed by atoms with van der Waals surface area (Å²) in [5.74, 6) is 2.15. The van der Waals surface area contributed by atoms with E-state index in [1.165, 1.54) is 5.56 Å². The molecule has 1 aromatic rings. The lowest BCUT2D eigenvalue weighted by Gasteiger charge is -2.18. The summed E-state index contributed by atoms with van der Waals surface area (Å²) < 4.78 is 11.8. The standard InChI is InChI=1S/C19H29NO3/c1-5-7-14(2)12-17(21)20-10-11-22-16-9-6-8-15-13-19(3,4)23-18(15)16/h6,8-9,14H,5,7,10-13H2,1-4H3,(H,20,21). The number of ether oxygens (including phenoxy) is 2. The maximum atomic E-state index is 11.8. The first-order valence-corrected chi connectivity index (χ1v) is 8.61. The predicted octanol–water partition coefficient (Wildman–Crippen LogP) is 3.72. The van der Waals surface area contributed by atoms with Gasteiger partial charge in [-0.05, 0) is 25.8 Å². The number of carbonyl (C=O) groups is 1. The molecule has 0 fully saturated rings. The van der Waals surface area contributed by atoms with E-state index in [0.717, 1.165) is 30.8 Å². The highest BCUT2D eigenvalue weighted by atomic mass is 16.5. The number of carbonyl (C=O) groups excluding carboxylic acids is 1. The van der Waals surface area contributed by atoms with Crippen LogP contribution < -0.4 is 14.8 Å². The van der Waals surface area contributed by atoms with Gasteiger partial charge in [0.2, 0.25) is 5.91 Å². The Morgan fingerprint density at radius 3 is 2.96 bits per heavy atom. The highest BCUT2D eigenvalue weighted by molar-refractivity contribution is 5.76. The van der Waals surface area contributed by atoms with Crippen LogP contribution in [0, 0.1) is 5.92 Å². The summed E-state index contributed by atoms with van der Waals surface area (Å²) >= 11 is 0. The van der Waals surface area contributed by atoms with E-state index in [0.29, 0.717) is 25.5 Å². The molecule has 4 heteroatoms. The number of fused-ring (bicyclic) bond motifs is 1. The third-order valence-electron chi connectivity index (χ3n) is 4.05. The Labute approximate surface area is 139 Å². The van der Waals surface area contributed by atoms with Crippen molar-refractivity contribution < 1.29 is 14.3 Å². The number of amides is 1. The third kappa shape index (κ3) is 5.15. The Kier molecular flexibility index (Phi) is 5.91. The maximum absolute atomic E-state index is 11.8. The van der Waals surface area contributed by atoms with Crippen LogP contribution in [0.2, 0.25) is 0 Å². The molecule has 1 amide bonds. The van der Waals surface area contributed by atoms with Gasteiger partial charge in [0.25, 0.3) is 0 Å². The van der Waals surface area contributed by atoms with Gasteiger partial charge >= 0.3 is 0 Å². The molecular formula is C19H29NO3. The number of hydrogen-bond acceptors (Lipinski definition) is 3. The fourth-order valence-corrected chi connectivity index (χ4v) is 3.04. The third-order valence-corrected chi connectivity index (χ3v) is 4.05. The molecule has 1 N–H and O–H groups in total. The first-order chi connectivity index (χ1) is 10.9.